The number of thiol groups is 3. The number of rotatable bonds is 13. The van der Waals surface area contributed by atoms with Gasteiger partial charge in [-0.1, -0.05) is 48.5 Å². The second kappa shape index (κ2) is 11.9. The zero-order chi connectivity index (χ0) is 23.8. The van der Waals surface area contributed by atoms with Crippen LogP contribution in [0, 0.1) is 5.41 Å². The molecule has 9 heteroatoms. The van der Waals surface area contributed by atoms with E-state index in [1.54, 1.807) is 0 Å². The summed E-state index contributed by atoms with van der Waals surface area (Å²) in [6.45, 7) is 12.6. The van der Waals surface area contributed by atoms with E-state index >= 15 is 0 Å². The Kier molecular flexibility index (Phi) is 11.7. The SMILES string of the molecule is CCC(COC(=O)CC(C)(C)S)(COC(=O)CC(C)(C)S)COC(=O)CC(C)(C)S. The maximum absolute atomic E-state index is 12.2. The van der Waals surface area contributed by atoms with Gasteiger partial charge >= 0.3 is 17.9 Å². The van der Waals surface area contributed by atoms with Crippen molar-refractivity contribution < 1.29 is 28.6 Å². The molecule has 6 nitrogen and oxygen atoms in total. The normalized spacial score (nSPS) is 13.0. The molecule has 0 heterocycles. The fraction of sp³-hybridized carbons (Fsp3) is 0.857. The zero-order valence-corrected chi connectivity index (χ0v) is 21.9. The molecule has 0 radical (unpaired) electrons. The fourth-order valence-corrected chi connectivity index (χ4v) is 2.73. The van der Waals surface area contributed by atoms with E-state index in [0.717, 1.165) is 0 Å². The zero-order valence-electron chi connectivity index (χ0n) is 19.2. The Morgan fingerprint density at radius 2 is 0.833 bits per heavy atom. The summed E-state index contributed by atoms with van der Waals surface area (Å²) in [7, 11) is 0. The van der Waals surface area contributed by atoms with Gasteiger partial charge in [0.25, 0.3) is 0 Å². The number of esters is 3. The molecule has 30 heavy (non-hydrogen) atoms. The lowest BCUT2D eigenvalue weighted by molar-refractivity contribution is -0.162. The van der Waals surface area contributed by atoms with Gasteiger partial charge in [-0.25, -0.2) is 0 Å². The van der Waals surface area contributed by atoms with Crippen molar-refractivity contribution in [3.63, 3.8) is 0 Å². The molecule has 0 atom stereocenters. The van der Waals surface area contributed by atoms with Crippen molar-refractivity contribution in [2.45, 2.75) is 88.4 Å². The Balaban J connectivity index is 5.20. The van der Waals surface area contributed by atoms with Crippen LogP contribution >= 0.6 is 37.9 Å². The molecule has 0 aromatic heterocycles. The third kappa shape index (κ3) is 15.3. The molecular weight excluding hydrogens is 444 g/mol. The lowest BCUT2D eigenvalue weighted by atomic mass is 9.87. The monoisotopic (exact) mass is 482 g/mol. The molecule has 0 unspecified atom stereocenters. The molecular formula is C21H38O6S3. The third-order valence-corrected chi connectivity index (χ3v) is 4.57. The minimum Gasteiger partial charge on any atom is -0.465 e. The largest absolute Gasteiger partial charge is 0.465 e. The predicted octanol–water partition coefficient (Wildman–Crippen LogP) is 4.31. The second-order valence-corrected chi connectivity index (χ2v) is 13.4. The molecule has 0 amide bonds. The smallest absolute Gasteiger partial charge is 0.307 e. The van der Waals surface area contributed by atoms with Gasteiger partial charge in [0.2, 0.25) is 0 Å². The molecule has 0 N–H and O–H groups in total. The summed E-state index contributed by atoms with van der Waals surface area (Å²) < 4.78 is 14.8. The summed E-state index contributed by atoms with van der Waals surface area (Å²) in [6, 6.07) is 0. The van der Waals surface area contributed by atoms with E-state index in [0.29, 0.717) is 6.42 Å². The van der Waals surface area contributed by atoms with Crippen LogP contribution in [0.5, 0.6) is 0 Å². The van der Waals surface area contributed by atoms with E-state index in [-0.39, 0.29) is 39.1 Å². The highest BCUT2D eigenvalue weighted by Crippen LogP contribution is 2.27. The average Bonchev–Trinajstić information content (AvgIpc) is 2.49. The van der Waals surface area contributed by atoms with Crippen molar-refractivity contribution in [3.05, 3.63) is 0 Å². The number of carbonyl (C=O) groups excluding carboxylic acids is 3. The van der Waals surface area contributed by atoms with Crippen LogP contribution in [-0.2, 0) is 28.6 Å². The molecule has 0 saturated heterocycles. The number of hydrogen-bond acceptors (Lipinski definition) is 9. The first kappa shape index (κ1) is 29.5. The molecule has 0 aromatic carbocycles. The third-order valence-electron chi connectivity index (χ3n) is 4.10. The Hall–Kier alpha value is -0.540. The molecule has 0 fully saturated rings. The summed E-state index contributed by atoms with van der Waals surface area (Å²) in [6.07, 6.45) is 0.838. The number of ether oxygens (including phenoxy) is 3. The van der Waals surface area contributed by atoms with E-state index in [1.165, 1.54) is 0 Å². The molecule has 0 aliphatic rings. The lowest BCUT2D eigenvalue weighted by Crippen LogP contribution is -2.40. The average molecular weight is 483 g/mol. The van der Waals surface area contributed by atoms with Gasteiger partial charge in [0.15, 0.2) is 0 Å². The molecule has 0 aliphatic carbocycles. The van der Waals surface area contributed by atoms with Gasteiger partial charge in [-0.2, -0.15) is 37.9 Å². The highest BCUT2D eigenvalue weighted by molar-refractivity contribution is 7.82. The van der Waals surface area contributed by atoms with E-state index < -0.39 is 37.6 Å². The van der Waals surface area contributed by atoms with Crippen molar-refractivity contribution in [2.24, 2.45) is 5.41 Å². The van der Waals surface area contributed by atoms with E-state index in [9.17, 15) is 14.4 Å². The highest BCUT2D eigenvalue weighted by Gasteiger charge is 2.35. The minimum absolute atomic E-state index is 0.0404. The van der Waals surface area contributed by atoms with Crippen LogP contribution in [0.25, 0.3) is 0 Å². The molecule has 0 saturated carbocycles. The maximum atomic E-state index is 12.2. The van der Waals surface area contributed by atoms with Crippen LogP contribution in [0.4, 0.5) is 0 Å². The van der Waals surface area contributed by atoms with Gasteiger partial charge in [-0.15, -0.1) is 0 Å². The Bertz CT molecular complexity index is 506. The summed E-state index contributed by atoms with van der Waals surface area (Å²) in [5.74, 6) is -1.25. The topological polar surface area (TPSA) is 78.9 Å². The number of hydrogen-bond donors (Lipinski definition) is 3. The molecule has 176 valence electrons. The Labute approximate surface area is 197 Å². The van der Waals surface area contributed by atoms with Crippen LogP contribution < -0.4 is 0 Å². The van der Waals surface area contributed by atoms with E-state index in [1.807, 2.05) is 48.5 Å². The molecule has 0 rings (SSSR count). The van der Waals surface area contributed by atoms with Gasteiger partial charge in [-0.05, 0) is 6.42 Å². The van der Waals surface area contributed by atoms with Gasteiger partial charge in [0, 0.05) is 14.2 Å². The standard InChI is InChI=1S/C21H38O6S3/c1-8-21(12-25-15(22)9-18(2,3)28,13-26-16(23)10-19(4,5)29)14-27-17(24)11-20(6,7)30/h28-30H,8-14H2,1-7H3. The van der Waals surface area contributed by atoms with Crippen molar-refractivity contribution in [1.29, 1.82) is 0 Å². The van der Waals surface area contributed by atoms with Gasteiger partial charge in [0.1, 0.15) is 19.8 Å². The van der Waals surface area contributed by atoms with Crippen LogP contribution in [0.3, 0.4) is 0 Å². The first-order valence-electron chi connectivity index (χ1n) is 10.0. The van der Waals surface area contributed by atoms with E-state index in [2.05, 4.69) is 37.9 Å². The fourth-order valence-electron chi connectivity index (χ4n) is 2.34. The van der Waals surface area contributed by atoms with Crippen LogP contribution in [-0.4, -0.2) is 52.0 Å². The van der Waals surface area contributed by atoms with Crippen molar-refractivity contribution in [1.82, 2.24) is 0 Å². The van der Waals surface area contributed by atoms with Crippen LogP contribution in [0.1, 0.15) is 74.1 Å². The van der Waals surface area contributed by atoms with Gasteiger partial charge < -0.3 is 14.2 Å². The maximum Gasteiger partial charge on any atom is 0.307 e. The predicted molar refractivity (Wildman–Crippen MR) is 129 cm³/mol. The summed E-state index contributed by atoms with van der Waals surface area (Å²) >= 11 is 13.0. The van der Waals surface area contributed by atoms with Crippen molar-refractivity contribution in [3.8, 4) is 0 Å². The quantitative estimate of drug-likeness (QED) is 0.206. The lowest BCUT2D eigenvalue weighted by Gasteiger charge is -2.32. The first-order valence-corrected chi connectivity index (χ1v) is 11.3. The summed E-state index contributed by atoms with van der Waals surface area (Å²) in [5, 5.41) is 0. The van der Waals surface area contributed by atoms with Crippen LogP contribution in [0.2, 0.25) is 0 Å². The minimum atomic E-state index is -0.844. The van der Waals surface area contributed by atoms with Gasteiger partial charge in [-0.3, -0.25) is 14.4 Å². The molecule has 0 spiro atoms. The number of carbonyl (C=O) groups is 3. The Morgan fingerprint density at radius 3 is 1.00 bits per heavy atom. The second-order valence-electron chi connectivity index (χ2n) is 9.80. The molecule has 0 aliphatic heterocycles. The van der Waals surface area contributed by atoms with Gasteiger partial charge in [0.05, 0.1) is 24.7 Å². The molecule has 0 aromatic rings. The van der Waals surface area contributed by atoms with Crippen LogP contribution in [0.15, 0.2) is 0 Å². The van der Waals surface area contributed by atoms with E-state index in [4.69, 9.17) is 14.2 Å². The first-order chi connectivity index (χ1) is 13.4. The summed E-state index contributed by atoms with van der Waals surface area (Å²) in [4.78, 5) is 36.5. The summed E-state index contributed by atoms with van der Waals surface area (Å²) in [5.41, 5.74) is -0.844. The highest BCUT2D eigenvalue weighted by atomic mass is 32.1. The van der Waals surface area contributed by atoms with Crippen molar-refractivity contribution >= 4 is 55.8 Å². The molecule has 0 bridgehead atoms. The van der Waals surface area contributed by atoms with Crippen molar-refractivity contribution in [2.75, 3.05) is 19.8 Å². The Morgan fingerprint density at radius 1 is 0.600 bits per heavy atom.